The number of hydrogen-bond donors (Lipinski definition) is 0. The normalized spacial score (nSPS) is 27.1. The molecule has 1 fully saturated rings. The first-order chi connectivity index (χ1) is 8.34. The number of rotatable bonds is 1. The first-order valence-electron chi connectivity index (χ1n) is 6.02. The predicted molar refractivity (Wildman–Crippen MR) is 64.4 cm³/mol. The zero-order valence-electron chi connectivity index (χ0n) is 10.9. The average molecular weight is 254 g/mol. The number of amides is 1. The summed E-state index contributed by atoms with van der Waals surface area (Å²) in [5.74, 6) is 0. The Balaban J connectivity index is 1.93. The minimum Gasteiger partial charge on any atom is -0.444 e. The van der Waals surface area contributed by atoms with Gasteiger partial charge in [0, 0.05) is 19.4 Å². The van der Waals surface area contributed by atoms with Crippen molar-refractivity contribution in [2.24, 2.45) is 5.16 Å². The van der Waals surface area contributed by atoms with Gasteiger partial charge in [-0.15, -0.1) is 0 Å². The second-order valence-corrected chi connectivity index (χ2v) is 5.80. The molecule has 2 rings (SSSR count). The second kappa shape index (κ2) is 4.26. The van der Waals surface area contributed by atoms with Crippen LogP contribution in [-0.2, 0) is 14.4 Å². The van der Waals surface area contributed by atoms with Crippen molar-refractivity contribution in [3.63, 3.8) is 0 Å². The molecule has 0 bridgehead atoms. The zero-order valence-corrected chi connectivity index (χ0v) is 10.9. The van der Waals surface area contributed by atoms with E-state index >= 15 is 0 Å². The monoisotopic (exact) mass is 254 g/mol. The van der Waals surface area contributed by atoms with Crippen LogP contribution in [0.5, 0.6) is 0 Å². The van der Waals surface area contributed by atoms with Crippen molar-refractivity contribution in [2.45, 2.75) is 44.8 Å². The van der Waals surface area contributed by atoms with E-state index in [-0.39, 0.29) is 6.09 Å². The summed E-state index contributed by atoms with van der Waals surface area (Å²) in [6, 6.07) is 0. The number of oxime groups is 1. The Morgan fingerprint density at radius 1 is 1.56 bits per heavy atom. The van der Waals surface area contributed by atoms with Crippen molar-refractivity contribution in [2.75, 3.05) is 13.1 Å². The molecule has 0 radical (unpaired) electrons. The van der Waals surface area contributed by atoms with Crippen molar-refractivity contribution in [3.8, 4) is 0 Å². The molecule has 18 heavy (non-hydrogen) atoms. The van der Waals surface area contributed by atoms with Gasteiger partial charge in [0.25, 0.3) is 0 Å². The molecule has 1 atom stereocenters. The number of carbonyl (C=O) groups excluding carboxylic acids is 2. The number of hydrogen-bond acceptors (Lipinski definition) is 5. The molecule has 2 aliphatic heterocycles. The van der Waals surface area contributed by atoms with Crippen LogP contribution in [0.2, 0.25) is 0 Å². The standard InChI is InChI=1S/C12H18N2O4/c1-11(2,3)17-10(16)14-5-4-12(8-14)6-9(7-15)13-18-12/h7H,4-6,8H2,1-3H3. The molecule has 6 nitrogen and oxygen atoms in total. The fraction of sp³-hybridized carbons (Fsp3) is 0.750. The largest absolute Gasteiger partial charge is 0.444 e. The second-order valence-electron chi connectivity index (χ2n) is 5.80. The molecule has 0 aromatic carbocycles. The summed E-state index contributed by atoms with van der Waals surface area (Å²) in [6.07, 6.45) is 1.50. The molecule has 0 N–H and O–H groups in total. The lowest BCUT2D eigenvalue weighted by molar-refractivity contribution is -0.102. The van der Waals surface area contributed by atoms with E-state index in [1.165, 1.54) is 0 Å². The van der Waals surface area contributed by atoms with Gasteiger partial charge in [0.1, 0.15) is 11.3 Å². The summed E-state index contributed by atoms with van der Waals surface area (Å²) < 4.78 is 5.30. The number of carbonyl (C=O) groups is 2. The van der Waals surface area contributed by atoms with Gasteiger partial charge < -0.3 is 14.5 Å². The molecular weight excluding hydrogens is 236 g/mol. The van der Waals surface area contributed by atoms with Crippen molar-refractivity contribution in [3.05, 3.63) is 0 Å². The maximum absolute atomic E-state index is 11.9. The van der Waals surface area contributed by atoms with Crippen LogP contribution in [0.1, 0.15) is 33.6 Å². The van der Waals surface area contributed by atoms with Gasteiger partial charge in [-0.25, -0.2) is 4.79 Å². The van der Waals surface area contributed by atoms with E-state index in [0.717, 1.165) is 0 Å². The molecule has 1 amide bonds. The molecule has 0 aromatic rings. The molecule has 0 aromatic heterocycles. The Bertz CT molecular complexity index is 399. The first kappa shape index (κ1) is 12.9. The SMILES string of the molecule is CC(C)(C)OC(=O)N1CCC2(CC(C=O)=NO2)C1. The Hall–Kier alpha value is -1.59. The highest BCUT2D eigenvalue weighted by molar-refractivity contribution is 6.28. The van der Waals surface area contributed by atoms with E-state index in [2.05, 4.69) is 5.16 Å². The Labute approximate surface area is 106 Å². The topological polar surface area (TPSA) is 68.2 Å². The van der Waals surface area contributed by atoms with Crippen LogP contribution < -0.4 is 0 Å². The molecule has 1 spiro atoms. The van der Waals surface area contributed by atoms with E-state index < -0.39 is 11.2 Å². The maximum atomic E-state index is 11.9. The van der Waals surface area contributed by atoms with Gasteiger partial charge in [-0.3, -0.25) is 4.79 Å². The third-order valence-electron chi connectivity index (χ3n) is 2.96. The van der Waals surface area contributed by atoms with E-state index in [4.69, 9.17) is 9.57 Å². The van der Waals surface area contributed by atoms with E-state index in [1.54, 1.807) is 4.90 Å². The number of nitrogens with zero attached hydrogens (tertiary/aromatic N) is 2. The molecule has 100 valence electrons. The highest BCUT2D eigenvalue weighted by atomic mass is 16.7. The van der Waals surface area contributed by atoms with Gasteiger partial charge in [-0.05, 0) is 20.8 Å². The lowest BCUT2D eigenvalue weighted by atomic mass is 9.97. The van der Waals surface area contributed by atoms with E-state index in [0.29, 0.717) is 37.9 Å². The highest BCUT2D eigenvalue weighted by Gasteiger charge is 2.47. The number of aldehydes is 1. The van der Waals surface area contributed by atoms with Crippen molar-refractivity contribution < 1.29 is 19.2 Å². The third kappa shape index (κ3) is 2.63. The maximum Gasteiger partial charge on any atom is 0.410 e. The van der Waals surface area contributed by atoms with E-state index in [1.807, 2.05) is 20.8 Å². The van der Waals surface area contributed by atoms with Gasteiger partial charge in [0.05, 0.1) is 6.54 Å². The lowest BCUT2D eigenvalue weighted by Gasteiger charge is -2.25. The summed E-state index contributed by atoms with van der Waals surface area (Å²) >= 11 is 0. The molecule has 2 heterocycles. The molecule has 0 aliphatic carbocycles. The fourth-order valence-corrected chi connectivity index (χ4v) is 2.16. The first-order valence-corrected chi connectivity index (χ1v) is 6.02. The molecule has 2 aliphatic rings. The van der Waals surface area contributed by atoms with Crippen LogP contribution >= 0.6 is 0 Å². The molecule has 1 saturated heterocycles. The number of likely N-dealkylation sites (tertiary alicyclic amines) is 1. The Morgan fingerprint density at radius 3 is 2.83 bits per heavy atom. The highest BCUT2D eigenvalue weighted by Crippen LogP contribution is 2.33. The van der Waals surface area contributed by atoms with Crippen molar-refractivity contribution >= 4 is 18.1 Å². The molecule has 0 saturated carbocycles. The van der Waals surface area contributed by atoms with Crippen LogP contribution in [0.4, 0.5) is 4.79 Å². The Morgan fingerprint density at radius 2 is 2.28 bits per heavy atom. The molecule has 6 heteroatoms. The lowest BCUT2D eigenvalue weighted by Crippen LogP contribution is -2.39. The third-order valence-corrected chi connectivity index (χ3v) is 2.96. The summed E-state index contributed by atoms with van der Waals surface area (Å²) in [5, 5.41) is 3.73. The summed E-state index contributed by atoms with van der Waals surface area (Å²) in [6.45, 7) is 6.47. The van der Waals surface area contributed by atoms with Crippen LogP contribution in [0.25, 0.3) is 0 Å². The van der Waals surface area contributed by atoms with E-state index in [9.17, 15) is 9.59 Å². The summed E-state index contributed by atoms with van der Waals surface area (Å²) in [4.78, 5) is 29.5. The molecular formula is C12H18N2O4. The van der Waals surface area contributed by atoms with Gasteiger partial charge in [0.2, 0.25) is 0 Å². The smallest absolute Gasteiger partial charge is 0.410 e. The minimum atomic E-state index is -0.521. The van der Waals surface area contributed by atoms with Crippen molar-refractivity contribution in [1.82, 2.24) is 4.90 Å². The van der Waals surface area contributed by atoms with Gasteiger partial charge in [0.15, 0.2) is 11.9 Å². The van der Waals surface area contributed by atoms with Crippen LogP contribution in [0.3, 0.4) is 0 Å². The summed E-state index contributed by atoms with van der Waals surface area (Å²) in [5.41, 5.74) is -0.623. The van der Waals surface area contributed by atoms with Crippen LogP contribution in [0.15, 0.2) is 5.16 Å². The number of ether oxygens (including phenoxy) is 1. The van der Waals surface area contributed by atoms with Crippen LogP contribution in [0, 0.1) is 0 Å². The zero-order chi connectivity index (χ0) is 13.4. The molecule has 1 unspecified atom stereocenters. The van der Waals surface area contributed by atoms with Crippen molar-refractivity contribution in [1.29, 1.82) is 0 Å². The van der Waals surface area contributed by atoms with Gasteiger partial charge in [-0.2, -0.15) is 0 Å². The van der Waals surface area contributed by atoms with Gasteiger partial charge in [-0.1, -0.05) is 5.16 Å². The Kier molecular flexibility index (Phi) is 3.04. The quantitative estimate of drug-likeness (QED) is 0.662. The van der Waals surface area contributed by atoms with Crippen LogP contribution in [-0.4, -0.2) is 47.3 Å². The van der Waals surface area contributed by atoms with Gasteiger partial charge >= 0.3 is 6.09 Å². The summed E-state index contributed by atoms with van der Waals surface area (Å²) in [7, 11) is 0. The fourth-order valence-electron chi connectivity index (χ4n) is 2.16. The average Bonchev–Trinajstić information content (AvgIpc) is 2.84. The predicted octanol–water partition coefficient (Wildman–Crippen LogP) is 1.34. The minimum absolute atomic E-state index is 0.345.